The van der Waals surface area contributed by atoms with Gasteiger partial charge in [-0.05, 0) is 42.7 Å². The second kappa shape index (κ2) is 7.92. The zero-order valence-electron chi connectivity index (χ0n) is 15.2. The minimum absolute atomic E-state index is 0.278. The summed E-state index contributed by atoms with van der Waals surface area (Å²) in [6, 6.07) is 18.0. The molecule has 7 heteroatoms. The summed E-state index contributed by atoms with van der Waals surface area (Å²) in [5.74, 6) is 0.0642. The lowest BCUT2D eigenvalue weighted by atomic mass is 10.1. The summed E-state index contributed by atoms with van der Waals surface area (Å²) in [5.41, 5.74) is 1.81. The van der Waals surface area contributed by atoms with Crippen LogP contribution in [0.2, 0.25) is 0 Å². The van der Waals surface area contributed by atoms with Crippen molar-refractivity contribution in [2.45, 2.75) is 18.9 Å². The Bertz CT molecular complexity index is 986. The highest BCUT2D eigenvalue weighted by Crippen LogP contribution is 2.25. The number of nitrogens with one attached hydrogen (secondary N) is 1. The molecular weight excluding hydrogens is 354 g/mol. The van der Waals surface area contributed by atoms with E-state index in [4.69, 9.17) is 9.68 Å². The molecule has 0 spiro atoms. The summed E-state index contributed by atoms with van der Waals surface area (Å²) in [4.78, 5) is 14.8. The fourth-order valence-corrected chi connectivity index (χ4v) is 3.22. The third-order valence-electron chi connectivity index (χ3n) is 4.74. The van der Waals surface area contributed by atoms with E-state index < -0.39 is 6.04 Å². The highest BCUT2D eigenvalue weighted by Gasteiger charge is 2.26. The minimum atomic E-state index is -0.562. The Morgan fingerprint density at radius 2 is 1.79 bits per heavy atom. The number of carbonyl (C=O) groups excluding carboxylic acids is 1. The highest BCUT2D eigenvalue weighted by atomic mass is 16.4. The van der Waals surface area contributed by atoms with E-state index in [-0.39, 0.29) is 5.91 Å². The van der Waals surface area contributed by atoms with Crippen molar-refractivity contribution in [1.82, 2.24) is 15.5 Å². The van der Waals surface area contributed by atoms with E-state index in [1.807, 2.05) is 36.4 Å². The number of anilines is 1. The van der Waals surface area contributed by atoms with Crippen molar-refractivity contribution >= 4 is 11.9 Å². The lowest BCUT2D eigenvalue weighted by Gasteiger charge is -2.16. The van der Waals surface area contributed by atoms with Gasteiger partial charge in [0.2, 0.25) is 5.89 Å². The van der Waals surface area contributed by atoms with E-state index >= 15 is 0 Å². The van der Waals surface area contributed by atoms with Crippen molar-refractivity contribution < 1.29 is 9.21 Å². The molecule has 7 nitrogen and oxygen atoms in total. The molecule has 0 radical (unpaired) electrons. The topological polar surface area (TPSA) is 95.0 Å². The molecular formula is C21H19N5O2. The number of nitriles is 1. The SMILES string of the molecule is N#Cc1ccc(C(=O)NC(c2ccccc2)c2nnc(N3CCCC3)o2)cc1. The zero-order valence-corrected chi connectivity index (χ0v) is 15.2. The van der Waals surface area contributed by atoms with Crippen LogP contribution in [0.3, 0.4) is 0 Å². The van der Waals surface area contributed by atoms with E-state index in [1.165, 1.54) is 0 Å². The number of hydrogen-bond donors (Lipinski definition) is 1. The molecule has 3 aromatic rings. The van der Waals surface area contributed by atoms with Gasteiger partial charge < -0.3 is 14.6 Å². The Morgan fingerprint density at radius 3 is 2.46 bits per heavy atom. The maximum Gasteiger partial charge on any atom is 0.318 e. The van der Waals surface area contributed by atoms with E-state index in [2.05, 4.69) is 20.4 Å². The molecule has 1 unspecified atom stereocenters. The molecule has 28 heavy (non-hydrogen) atoms. The van der Waals surface area contributed by atoms with Gasteiger partial charge in [0.25, 0.3) is 5.91 Å². The number of aromatic nitrogens is 2. The van der Waals surface area contributed by atoms with Gasteiger partial charge in [0, 0.05) is 18.7 Å². The highest BCUT2D eigenvalue weighted by molar-refractivity contribution is 5.94. The first kappa shape index (κ1) is 17.7. The Kier molecular flexibility index (Phi) is 5.02. The minimum Gasteiger partial charge on any atom is -0.405 e. The van der Waals surface area contributed by atoms with Crippen LogP contribution in [0.25, 0.3) is 0 Å². The fraction of sp³-hybridized carbons (Fsp3) is 0.238. The van der Waals surface area contributed by atoms with Crippen LogP contribution in [0.5, 0.6) is 0 Å². The first-order valence-corrected chi connectivity index (χ1v) is 9.19. The van der Waals surface area contributed by atoms with Crippen molar-refractivity contribution in [2.75, 3.05) is 18.0 Å². The third-order valence-corrected chi connectivity index (χ3v) is 4.74. The first-order valence-electron chi connectivity index (χ1n) is 9.19. The average molecular weight is 373 g/mol. The van der Waals surface area contributed by atoms with Gasteiger partial charge in [-0.3, -0.25) is 4.79 Å². The Balaban J connectivity index is 1.60. The summed E-state index contributed by atoms with van der Waals surface area (Å²) in [5, 5.41) is 20.3. The molecule has 1 aromatic heterocycles. The van der Waals surface area contributed by atoms with Crippen LogP contribution in [0.15, 0.2) is 59.0 Å². The number of rotatable bonds is 5. The van der Waals surface area contributed by atoms with E-state index in [0.29, 0.717) is 23.0 Å². The summed E-state index contributed by atoms with van der Waals surface area (Å²) < 4.78 is 5.90. The Hall–Kier alpha value is -3.66. The van der Waals surface area contributed by atoms with Crippen LogP contribution in [-0.4, -0.2) is 29.2 Å². The maximum atomic E-state index is 12.8. The smallest absolute Gasteiger partial charge is 0.318 e. The van der Waals surface area contributed by atoms with Crippen LogP contribution in [-0.2, 0) is 0 Å². The van der Waals surface area contributed by atoms with Crippen molar-refractivity contribution in [3.8, 4) is 6.07 Å². The molecule has 1 atom stereocenters. The molecule has 4 rings (SSSR count). The zero-order chi connectivity index (χ0) is 19.3. The monoisotopic (exact) mass is 373 g/mol. The molecule has 140 valence electrons. The normalized spacial score (nSPS) is 14.5. The van der Waals surface area contributed by atoms with Gasteiger partial charge in [0.05, 0.1) is 11.6 Å². The van der Waals surface area contributed by atoms with Crippen LogP contribution in [0, 0.1) is 11.3 Å². The van der Waals surface area contributed by atoms with E-state index in [9.17, 15) is 4.79 Å². The van der Waals surface area contributed by atoms with E-state index in [0.717, 1.165) is 31.5 Å². The van der Waals surface area contributed by atoms with Crippen LogP contribution in [0.1, 0.15) is 46.3 Å². The average Bonchev–Trinajstić information content (AvgIpc) is 3.44. The molecule has 1 N–H and O–H groups in total. The predicted molar refractivity (Wildman–Crippen MR) is 103 cm³/mol. The van der Waals surface area contributed by atoms with Gasteiger partial charge in [-0.1, -0.05) is 35.4 Å². The number of amides is 1. The van der Waals surface area contributed by atoms with Gasteiger partial charge in [-0.2, -0.15) is 5.26 Å². The second-order valence-electron chi connectivity index (χ2n) is 6.62. The maximum absolute atomic E-state index is 12.8. The molecule has 1 fully saturated rings. The number of hydrogen-bond acceptors (Lipinski definition) is 6. The van der Waals surface area contributed by atoms with Gasteiger partial charge in [0.1, 0.15) is 6.04 Å². The van der Waals surface area contributed by atoms with Crippen LogP contribution < -0.4 is 10.2 Å². The fourth-order valence-electron chi connectivity index (χ4n) is 3.22. The van der Waals surface area contributed by atoms with E-state index in [1.54, 1.807) is 24.3 Å². The van der Waals surface area contributed by atoms with Gasteiger partial charge >= 0.3 is 6.01 Å². The summed E-state index contributed by atoms with van der Waals surface area (Å²) >= 11 is 0. The van der Waals surface area contributed by atoms with Crippen molar-refractivity contribution in [3.63, 3.8) is 0 Å². The molecule has 0 saturated carbocycles. The number of carbonyl (C=O) groups is 1. The molecule has 2 aromatic carbocycles. The second-order valence-corrected chi connectivity index (χ2v) is 6.62. The molecule has 1 saturated heterocycles. The van der Waals surface area contributed by atoms with Crippen LogP contribution in [0.4, 0.5) is 6.01 Å². The van der Waals surface area contributed by atoms with Gasteiger partial charge in [-0.25, -0.2) is 0 Å². The number of benzene rings is 2. The Morgan fingerprint density at radius 1 is 1.07 bits per heavy atom. The molecule has 1 aliphatic heterocycles. The number of nitrogens with zero attached hydrogens (tertiary/aromatic N) is 4. The predicted octanol–water partition coefficient (Wildman–Crippen LogP) is 3.06. The van der Waals surface area contributed by atoms with Crippen LogP contribution >= 0.6 is 0 Å². The van der Waals surface area contributed by atoms with Crippen molar-refractivity contribution in [1.29, 1.82) is 5.26 Å². The quantitative estimate of drug-likeness (QED) is 0.738. The lowest BCUT2D eigenvalue weighted by molar-refractivity contribution is 0.0938. The summed E-state index contributed by atoms with van der Waals surface area (Å²) in [6.07, 6.45) is 2.21. The molecule has 0 aliphatic carbocycles. The summed E-state index contributed by atoms with van der Waals surface area (Å²) in [7, 11) is 0. The largest absolute Gasteiger partial charge is 0.405 e. The van der Waals surface area contributed by atoms with Gasteiger partial charge in [-0.15, -0.1) is 5.10 Å². The van der Waals surface area contributed by atoms with Crippen molar-refractivity contribution in [2.24, 2.45) is 0 Å². The third kappa shape index (κ3) is 3.71. The van der Waals surface area contributed by atoms with Gasteiger partial charge in [0.15, 0.2) is 0 Å². The Labute approximate surface area is 162 Å². The summed E-state index contributed by atoms with van der Waals surface area (Å²) in [6.45, 7) is 1.80. The molecule has 1 amide bonds. The molecule has 1 aliphatic rings. The van der Waals surface area contributed by atoms with Crippen molar-refractivity contribution in [3.05, 3.63) is 77.2 Å². The molecule has 2 heterocycles. The first-order chi connectivity index (χ1) is 13.7. The molecule has 0 bridgehead atoms. The lowest BCUT2D eigenvalue weighted by Crippen LogP contribution is -2.29. The standard InChI is InChI=1S/C21H19N5O2/c22-14-15-8-10-17(11-9-15)19(27)23-18(16-6-2-1-3-7-16)20-24-25-21(28-20)26-12-4-5-13-26/h1-3,6-11,18H,4-5,12-13H2,(H,23,27).